The molecule has 1 aliphatic rings. The van der Waals surface area contributed by atoms with Crippen molar-refractivity contribution in [3.05, 3.63) is 5.82 Å². The summed E-state index contributed by atoms with van der Waals surface area (Å²) in [6.45, 7) is 2.63. The third-order valence-corrected chi connectivity index (χ3v) is 4.80. The second-order valence-corrected chi connectivity index (χ2v) is 6.70. The molecule has 0 radical (unpaired) electrons. The Kier molecular flexibility index (Phi) is 3.95. The van der Waals surface area contributed by atoms with Crippen LogP contribution in [-0.2, 0) is 10.0 Å². The van der Waals surface area contributed by atoms with Gasteiger partial charge >= 0.3 is 0 Å². The zero-order valence-electron chi connectivity index (χ0n) is 9.64. The van der Waals surface area contributed by atoms with Gasteiger partial charge in [-0.2, -0.15) is 4.37 Å². The molecule has 0 aromatic carbocycles. The van der Waals surface area contributed by atoms with Crippen LogP contribution in [0.1, 0.15) is 25.1 Å². The lowest BCUT2D eigenvalue weighted by atomic mass is 10.1. The standard InChI is InChI=1S/C9H16N4O2S2/c1-7-11-9(16-12-7)13-17(14,15)6-8-4-2-3-5-10-8/h8,10H,2-6H2,1H3,(H,11,12,13). The molecule has 17 heavy (non-hydrogen) atoms. The van der Waals surface area contributed by atoms with Gasteiger partial charge in [-0.05, 0) is 26.3 Å². The van der Waals surface area contributed by atoms with Gasteiger partial charge in [0.25, 0.3) is 0 Å². The van der Waals surface area contributed by atoms with Gasteiger partial charge in [0.1, 0.15) is 5.82 Å². The summed E-state index contributed by atoms with van der Waals surface area (Å²) in [5, 5.41) is 3.56. The van der Waals surface area contributed by atoms with Crippen LogP contribution in [0.15, 0.2) is 0 Å². The first-order valence-electron chi connectivity index (χ1n) is 5.59. The van der Waals surface area contributed by atoms with Crippen molar-refractivity contribution < 1.29 is 8.42 Å². The van der Waals surface area contributed by atoms with Gasteiger partial charge in [0.05, 0.1) is 5.75 Å². The second kappa shape index (κ2) is 5.28. The molecule has 1 unspecified atom stereocenters. The monoisotopic (exact) mass is 276 g/mol. The molecule has 0 saturated carbocycles. The van der Waals surface area contributed by atoms with E-state index in [1.165, 1.54) is 0 Å². The number of anilines is 1. The Balaban J connectivity index is 1.94. The summed E-state index contributed by atoms with van der Waals surface area (Å²) in [5.74, 6) is 0.689. The van der Waals surface area contributed by atoms with Gasteiger partial charge < -0.3 is 5.32 Å². The van der Waals surface area contributed by atoms with E-state index in [0.29, 0.717) is 11.0 Å². The lowest BCUT2D eigenvalue weighted by molar-refractivity contribution is 0.424. The number of sulfonamides is 1. The summed E-state index contributed by atoms with van der Waals surface area (Å²) in [6.07, 6.45) is 3.13. The van der Waals surface area contributed by atoms with Gasteiger partial charge in [-0.15, -0.1) is 0 Å². The highest BCUT2D eigenvalue weighted by molar-refractivity contribution is 7.92. The average molecular weight is 276 g/mol. The van der Waals surface area contributed by atoms with E-state index >= 15 is 0 Å². The van der Waals surface area contributed by atoms with Crippen molar-refractivity contribution in [2.45, 2.75) is 32.2 Å². The van der Waals surface area contributed by atoms with Crippen LogP contribution < -0.4 is 10.0 Å². The van der Waals surface area contributed by atoms with E-state index in [1.54, 1.807) is 6.92 Å². The molecule has 6 nitrogen and oxygen atoms in total. The second-order valence-electron chi connectivity index (χ2n) is 4.18. The zero-order chi connectivity index (χ0) is 12.3. The molecule has 1 aliphatic heterocycles. The minimum Gasteiger partial charge on any atom is -0.313 e. The van der Waals surface area contributed by atoms with E-state index in [4.69, 9.17) is 0 Å². The molecule has 96 valence electrons. The third-order valence-electron chi connectivity index (χ3n) is 2.60. The van der Waals surface area contributed by atoms with E-state index in [9.17, 15) is 8.42 Å². The molecule has 0 spiro atoms. The fraction of sp³-hybridized carbons (Fsp3) is 0.778. The average Bonchev–Trinajstić information content (AvgIpc) is 2.63. The van der Waals surface area contributed by atoms with Crippen LogP contribution in [-0.4, -0.2) is 36.1 Å². The van der Waals surface area contributed by atoms with Crippen molar-refractivity contribution in [1.82, 2.24) is 14.7 Å². The Morgan fingerprint density at radius 1 is 1.53 bits per heavy atom. The Bertz CT molecular complexity index is 465. The van der Waals surface area contributed by atoms with Crippen LogP contribution in [0.2, 0.25) is 0 Å². The first-order chi connectivity index (χ1) is 8.05. The summed E-state index contributed by atoms with van der Waals surface area (Å²) in [6, 6.07) is 0.0512. The topological polar surface area (TPSA) is 84.0 Å². The minimum absolute atomic E-state index is 0.0512. The van der Waals surface area contributed by atoms with E-state index in [0.717, 1.165) is 37.3 Å². The quantitative estimate of drug-likeness (QED) is 0.847. The number of nitrogens with one attached hydrogen (secondary N) is 2. The van der Waals surface area contributed by atoms with Crippen LogP contribution in [0.5, 0.6) is 0 Å². The molecule has 2 rings (SSSR count). The number of nitrogens with zero attached hydrogens (tertiary/aromatic N) is 2. The van der Waals surface area contributed by atoms with Crippen molar-refractivity contribution in [3.8, 4) is 0 Å². The predicted molar refractivity (Wildman–Crippen MR) is 67.7 cm³/mol. The highest BCUT2D eigenvalue weighted by atomic mass is 32.2. The Hall–Kier alpha value is -0.730. The minimum atomic E-state index is -3.33. The zero-order valence-corrected chi connectivity index (χ0v) is 11.3. The van der Waals surface area contributed by atoms with E-state index < -0.39 is 10.0 Å². The number of aryl methyl sites for hydroxylation is 1. The summed E-state index contributed by atoms with van der Waals surface area (Å²) >= 11 is 1.07. The number of rotatable bonds is 4. The Morgan fingerprint density at radius 3 is 2.94 bits per heavy atom. The molecule has 0 bridgehead atoms. The molecular weight excluding hydrogens is 260 g/mol. The van der Waals surface area contributed by atoms with Crippen molar-refractivity contribution in [2.24, 2.45) is 0 Å². The van der Waals surface area contributed by atoms with E-state index in [2.05, 4.69) is 19.4 Å². The lowest BCUT2D eigenvalue weighted by Gasteiger charge is -2.22. The van der Waals surface area contributed by atoms with Crippen LogP contribution in [0.4, 0.5) is 5.13 Å². The number of hydrogen-bond donors (Lipinski definition) is 2. The highest BCUT2D eigenvalue weighted by Crippen LogP contribution is 2.14. The normalized spacial score (nSPS) is 21.4. The molecule has 1 aromatic heterocycles. The molecule has 1 fully saturated rings. The van der Waals surface area contributed by atoms with Crippen LogP contribution >= 0.6 is 11.5 Å². The number of piperidine rings is 1. The molecule has 1 atom stereocenters. The maximum atomic E-state index is 11.9. The van der Waals surface area contributed by atoms with Gasteiger partial charge in [0, 0.05) is 17.6 Å². The lowest BCUT2D eigenvalue weighted by Crippen LogP contribution is -2.40. The Labute approximate surface area is 105 Å². The van der Waals surface area contributed by atoms with Crippen LogP contribution in [0.3, 0.4) is 0 Å². The maximum Gasteiger partial charge on any atom is 0.236 e. The fourth-order valence-electron chi connectivity index (χ4n) is 1.84. The number of hydrogen-bond acceptors (Lipinski definition) is 6. The number of aromatic nitrogens is 2. The molecule has 8 heteroatoms. The smallest absolute Gasteiger partial charge is 0.236 e. The maximum absolute atomic E-state index is 11.9. The third kappa shape index (κ3) is 3.90. The van der Waals surface area contributed by atoms with Crippen molar-refractivity contribution in [1.29, 1.82) is 0 Å². The van der Waals surface area contributed by atoms with Crippen molar-refractivity contribution >= 4 is 26.7 Å². The molecule has 0 aliphatic carbocycles. The van der Waals surface area contributed by atoms with Gasteiger partial charge in [-0.3, -0.25) is 4.72 Å². The first kappa shape index (κ1) is 12.7. The SMILES string of the molecule is Cc1nsc(NS(=O)(=O)CC2CCCCN2)n1. The van der Waals surface area contributed by atoms with E-state index in [1.807, 2.05) is 0 Å². The van der Waals surface area contributed by atoms with Crippen LogP contribution in [0, 0.1) is 6.92 Å². The summed E-state index contributed by atoms with van der Waals surface area (Å²) in [4.78, 5) is 3.99. The van der Waals surface area contributed by atoms with Gasteiger partial charge in [0.2, 0.25) is 15.2 Å². The molecule has 2 N–H and O–H groups in total. The molecular formula is C9H16N4O2S2. The Morgan fingerprint density at radius 2 is 2.35 bits per heavy atom. The van der Waals surface area contributed by atoms with Crippen LogP contribution in [0.25, 0.3) is 0 Å². The largest absolute Gasteiger partial charge is 0.313 e. The van der Waals surface area contributed by atoms with Gasteiger partial charge in [-0.1, -0.05) is 6.42 Å². The molecule has 1 aromatic rings. The molecule has 0 amide bonds. The molecule has 1 saturated heterocycles. The fourth-order valence-corrected chi connectivity index (χ4v) is 4.02. The predicted octanol–water partition coefficient (Wildman–Crippen LogP) is 0.730. The summed E-state index contributed by atoms with van der Waals surface area (Å²) in [7, 11) is -3.33. The summed E-state index contributed by atoms with van der Waals surface area (Å²) < 4.78 is 30.1. The van der Waals surface area contributed by atoms with Gasteiger partial charge in [-0.25, -0.2) is 13.4 Å². The van der Waals surface area contributed by atoms with Crippen molar-refractivity contribution in [3.63, 3.8) is 0 Å². The van der Waals surface area contributed by atoms with Gasteiger partial charge in [0.15, 0.2) is 0 Å². The first-order valence-corrected chi connectivity index (χ1v) is 8.02. The molecule has 2 heterocycles. The highest BCUT2D eigenvalue weighted by Gasteiger charge is 2.21. The van der Waals surface area contributed by atoms with E-state index in [-0.39, 0.29) is 11.8 Å². The summed E-state index contributed by atoms with van der Waals surface area (Å²) in [5.41, 5.74) is 0. The van der Waals surface area contributed by atoms with Crippen molar-refractivity contribution in [2.75, 3.05) is 17.0 Å².